The number of aliphatic hydroxyl groups is 3. The SMILES string of the molecule is COC(=O)C1C(O)C2(O)c3c(OC)cc(OCCCCO)cc3OC2(c2ccc(OC)cc2)C1c1ccccc1. The number of unbranched alkanes of at least 4 members (excludes halogenated alkanes) is 1. The maximum Gasteiger partial charge on any atom is 0.312 e. The second-order valence-electron chi connectivity index (χ2n) is 9.99. The highest BCUT2D eigenvalue weighted by atomic mass is 16.6. The number of carbonyl (C=O) groups is 1. The van der Waals surface area contributed by atoms with Gasteiger partial charge in [-0.25, -0.2) is 0 Å². The van der Waals surface area contributed by atoms with Gasteiger partial charge in [-0.15, -0.1) is 0 Å². The molecule has 2 aliphatic rings. The molecular weight excluding hydrogens is 516 g/mol. The summed E-state index contributed by atoms with van der Waals surface area (Å²) in [5.74, 6) is -1.17. The largest absolute Gasteiger partial charge is 0.497 e. The third kappa shape index (κ3) is 4.08. The van der Waals surface area contributed by atoms with Crippen molar-refractivity contribution < 1.29 is 43.8 Å². The van der Waals surface area contributed by atoms with Gasteiger partial charge in [0.2, 0.25) is 0 Å². The van der Waals surface area contributed by atoms with Crippen LogP contribution in [-0.2, 0) is 20.7 Å². The van der Waals surface area contributed by atoms with Gasteiger partial charge in [0.05, 0.1) is 39.4 Å². The van der Waals surface area contributed by atoms with Gasteiger partial charge >= 0.3 is 5.97 Å². The first kappa shape index (κ1) is 27.8. The van der Waals surface area contributed by atoms with E-state index in [2.05, 4.69) is 0 Å². The monoisotopic (exact) mass is 550 g/mol. The Labute approximate surface area is 232 Å². The van der Waals surface area contributed by atoms with E-state index >= 15 is 0 Å². The van der Waals surface area contributed by atoms with Gasteiger partial charge < -0.3 is 39.0 Å². The number of fused-ring (bicyclic) bond motifs is 3. The fourth-order valence-electron chi connectivity index (χ4n) is 6.27. The molecule has 3 aromatic carbocycles. The van der Waals surface area contributed by atoms with Gasteiger partial charge in [0.25, 0.3) is 0 Å². The van der Waals surface area contributed by atoms with Crippen LogP contribution in [0.3, 0.4) is 0 Å². The van der Waals surface area contributed by atoms with Crippen molar-refractivity contribution in [1.82, 2.24) is 0 Å². The Balaban J connectivity index is 1.76. The van der Waals surface area contributed by atoms with E-state index in [1.807, 2.05) is 30.3 Å². The van der Waals surface area contributed by atoms with E-state index in [4.69, 9.17) is 28.8 Å². The van der Waals surface area contributed by atoms with E-state index in [0.717, 1.165) is 0 Å². The quantitative estimate of drug-likeness (QED) is 0.258. The van der Waals surface area contributed by atoms with Crippen LogP contribution in [0, 0.1) is 5.92 Å². The lowest BCUT2D eigenvalue weighted by molar-refractivity contribution is -0.161. The molecule has 5 atom stereocenters. The minimum absolute atomic E-state index is 0.0670. The first-order valence-electron chi connectivity index (χ1n) is 13.2. The zero-order valence-corrected chi connectivity index (χ0v) is 22.7. The molecule has 0 aromatic heterocycles. The van der Waals surface area contributed by atoms with E-state index in [1.165, 1.54) is 14.2 Å². The lowest BCUT2D eigenvalue weighted by Gasteiger charge is -2.40. The maximum absolute atomic E-state index is 13.3. The van der Waals surface area contributed by atoms with Crippen molar-refractivity contribution in [3.8, 4) is 23.0 Å². The van der Waals surface area contributed by atoms with Crippen LogP contribution >= 0.6 is 0 Å². The Morgan fingerprint density at radius 2 is 1.68 bits per heavy atom. The van der Waals surface area contributed by atoms with Crippen LogP contribution in [0.25, 0.3) is 0 Å². The first-order valence-corrected chi connectivity index (χ1v) is 13.2. The summed E-state index contributed by atoms with van der Waals surface area (Å²) in [7, 11) is 4.26. The third-order valence-corrected chi connectivity index (χ3v) is 8.02. The topological polar surface area (TPSA) is 124 Å². The highest BCUT2D eigenvalue weighted by Crippen LogP contribution is 2.70. The van der Waals surface area contributed by atoms with Crippen molar-refractivity contribution in [3.05, 3.63) is 83.4 Å². The van der Waals surface area contributed by atoms with Crippen LogP contribution in [-0.4, -0.2) is 61.9 Å². The Bertz CT molecular complexity index is 1340. The molecule has 3 N–H and O–H groups in total. The molecule has 0 bridgehead atoms. The van der Waals surface area contributed by atoms with E-state index in [-0.39, 0.29) is 23.7 Å². The average molecular weight is 551 g/mol. The molecule has 0 radical (unpaired) electrons. The number of rotatable bonds is 10. The van der Waals surface area contributed by atoms with Crippen LogP contribution < -0.4 is 18.9 Å². The van der Waals surface area contributed by atoms with Gasteiger partial charge in [0.1, 0.15) is 29.1 Å². The molecule has 0 spiro atoms. The van der Waals surface area contributed by atoms with Crippen LogP contribution in [0.1, 0.15) is 35.4 Å². The molecule has 9 heteroatoms. The van der Waals surface area contributed by atoms with Crippen molar-refractivity contribution in [3.63, 3.8) is 0 Å². The van der Waals surface area contributed by atoms with Gasteiger partial charge in [-0.3, -0.25) is 4.79 Å². The average Bonchev–Trinajstić information content (AvgIpc) is 3.37. The fraction of sp³-hybridized carbons (Fsp3) is 0.387. The Kier molecular flexibility index (Phi) is 7.63. The van der Waals surface area contributed by atoms with Crippen LogP contribution in [0.5, 0.6) is 23.0 Å². The smallest absolute Gasteiger partial charge is 0.312 e. The van der Waals surface area contributed by atoms with Gasteiger partial charge in [-0.2, -0.15) is 0 Å². The summed E-state index contributed by atoms with van der Waals surface area (Å²) >= 11 is 0. The summed E-state index contributed by atoms with van der Waals surface area (Å²) in [5.41, 5.74) is -2.37. The van der Waals surface area contributed by atoms with E-state index in [1.54, 1.807) is 43.5 Å². The normalized spacial score (nSPS) is 26.4. The fourth-order valence-corrected chi connectivity index (χ4v) is 6.27. The van der Waals surface area contributed by atoms with Crippen molar-refractivity contribution >= 4 is 5.97 Å². The number of hydrogen-bond acceptors (Lipinski definition) is 9. The summed E-state index contributed by atoms with van der Waals surface area (Å²) in [4.78, 5) is 13.3. The molecule has 0 amide bonds. The molecule has 1 saturated carbocycles. The standard InChI is InChI=1S/C31H34O9/c1-36-21-13-11-20(12-14-21)31-26(19-9-5-4-6-10-19)25(29(34)38-3)28(33)30(31,35)27-23(37-2)17-22(18-24(27)40-31)39-16-8-7-15-32/h4-6,9-14,17-18,25-26,28,32-33,35H,7-8,15-16H2,1-3H3. The maximum atomic E-state index is 13.3. The molecule has 0 saturated heterocycles. The van der Waals surface area contributed by atoms with Crippen molar-refractivity contribution in [1.29, 1.82) is 0 Å². The summed E-state index contributed by atoms with van der Waals surface area (Å²) in [6.45, 7) is 0.424. The number of esters is 1. The first-order chi connectivity index (χ1) is 19.4. The van der Waals surface area contributed by atoms with Gasteiger partial charge in [0.15, 0.2) is 11.2 Å². The molecular formula is C31H34O9. The molecule has 1 fully saturated rings. The number of carbonyl (C=O) groups excluding carboxylic acids is 1. The van der Waals surface area contributed by atoms with Gasteiger partial charge in [-0.1, -0.05) is 42.5 Å². The molecule has 1 heterocycles. The van der Waals surface area contributed by atoms with E-state index in [9.17, 15) is 15.0 Å². The summed E-state index contributed by atoms with van der Waals surface area (Å²) in [6.07, 6.45) is -0.385. The van der Waals surface area contributed by atoms with Crippen molar-refractivity contribution in [2.24, 2.45) is 5.92 Å². The van der Waals surface area contributed by atoms with E-state index < -0.39 is 35.1 Å². The Hall–Kier alpha value is -3.79. The molecule has 1 aliphatic heterocycles. The molecule has 1 aliphatic carbocycles. The van der Waals surface area contributed by atoms with Gasteiger partial charge in [0, 0.05) is 24.7 Å². The minimum Gasteiger partial charge on any atom is -0.497 e. The van der Waals surface area contributed by atoms with E-state index in [0.29, 0.717) is 42.1 Å². The summed E-state index contributed by atoms with van der Waals surface area (Å²) in [5, 5.41) is 33.9. The molecule has 5 unspecified atom stereocenters. The lowest BCUT2D eigenvalue weighted by Crippen LogP contribution is -2.52. The van der Waals surface area contributed by atoms with Gasteiger partial charge in [-0.05, 0) is 36.1 Å². The zero-order chi connectivity index (χ0) is 28.5. The highest BCUT2D eigenvalue weighted by Gasteiger charge is 2.78. The molecule has 40 heavy (non-hydrogen) atoms. The molecule has 5 rings (SSSR count). The van der Waals surface area contributed by atoms with Crippen LogP contribution in [0.15, 0.2) is 66.7 Å². The minimum atomic E-state index is -2.13. The lowest BCUT2D eigenvalue weighted by atomic mass is 9.70. The predicted octanol–water partition coefficient (Wildman–Crippen LogP) is 3.28. The summed E-state index contributed by atoms with van der Waals surface area (Å²) < 4.78 is 28.9. The Morgan fingerprint density at radius 3 is 2.30 bits per heavy atom. The second kappa shape index (κ2) is 11.0. The second-order valence-corrected chi connectivity index (χ2v) is 9.99. The Morgan fingerprint density at radius 1 is 0.950 bits per heavy atom. The third-order valence-electron chi connectivity index (χ3n) is 8.02. The van der Waals surface area contributed by atoms with Crippen LogP contribution in [0.2, 0.25) is 0 Å². The molecule has 9 nitrogen and oxygen atoms in total. The van der Waals surface area contributed by atoms with Crippen LogP contribution in [0.4, 0.5) is 0 Å². The van der Waals surface area contributed by atoms with Crippen molar-refractivity contribution in [2.75, 3.05) is 34.5 Å². The summed E-state index contributed by atoms with van der Waals surface area (Å²) in [6, 6.07) is 19.5. The highest BCUT2D eigenvalue weighted by molar-refractivity contribution is 5.78. The molecule has 3 aromatic rings. The number of aliphatic hydroxyl groups excluding tert-OH is 2. The predicted molar refractivity (Wildman–Crippen MR) is 145 cm³/mol. The number of ether oxygens (including phenoxy) is 5. The zero-order valence-electron chi connectivity index (χ0n) is 22.7. The number of methoxy groups -OCH3 is 3. The molecule has 212 valence electrons. The van der Waals surface area contributed by atoms with Crippen molar-refractivity contribution in [2.45, 2.75) is 36.1 Å². The number of benzene rings is 3. The number of hydrogen-bond donors (Lipinski definition) is 3.